The fraction of sp³-hybridized carbons (Fsp3) is 0.333. The number of rotatable bonds is 9. The van der Waals surface area contributed by atoms with E-state index in [1.54, 1.807) is 18.2 Å². The van der Waals surface area contributed by atoms with E-state index in [9.17, 15) is 9.59 Å². The Balaban J connectivity index is 1.68. The predicted molar refractivity (Wildman–Crippen MR) is 107 cm³/mol. The van der Waals surface area contributed by atoms with E-state index in [0.29, 0.717) is 36.7 Å². The lowest BCUT2D eigenvalue weighted by Crippen LogP contribution is -2.25. The van der Waals surface area contributed by atoms with Gasteiger partial charge < -0.3 is 15.4 Å². The van der Waals surface area contributed by atoms with Gasteiger partial charge in [-0.3, -0.25) is 9.59 Å². The third-order valence-corrected chi connectivity index (χ3v) is 4.24. The summed E-state index contributed by atoms with van der Waals surface area (Å²) in [6.07, 6.45) is 1.45. The second kappa shape index (κ2) is 10.6. The lowest BCUT2D eigenvalue weighted by atomic mass is 10.1. The van der Waals surface area contributed by atoms with Gasteiger partial charge in [0.2, 0.25) is 5.91 Å². The van der Waals surface area contributed by atoms with Gasteiger partial charge in [0.15, 0.2) is 0 Å². The van der Waals surface area contributed by atoms with E-state index < -0.39 is 0 Å². The molecule has 6 heteroatoms. The fourth-order valence-corrected chi connectivity index (χ4v) is 2.77. The zero-order valence-electron chi connectivity index (χ0n) is 15.7. The second-order valence-electron chi connectivity index (χ2n) is 6.30. The van der Waals surface area contributed by atoms with Crippen molar-refractivity contribution in [3.05, 3.63) is 64.2 Å². The van der Waals surface area contributed by atoms with Crippen LogP contribution in [0.2, 0.25) is 5.02 Å². The van der Waals surface area contributed by atoms with Crippen molar-refractivity contribution in [3.8, 4) is 5.75 Å². The van der Waals surface area contributed by atoms with E-state index in [2.05, 4.69) is 10.6 Å². The molecule has 0 atom stereocenters. The fourth-order valence-electron chi connectivity index (χ4n) is 2.54. The van der Waals surface area contributed by atoms with Crippen LogP contribution in [-0.4, -0.2) is 31.5 Å². The van der Waals surface area contributed by atoms with Gasteiger partial charge in [0.25, 0.3) is 5.91 Å². The number of hydrogen-bond donors (Lipinski definition) is 2. The Morgan fingerprint density at radius 1 is 1.04 bits per heavy atom. The van der Waals surface area contributed by atoms with Crippen molar-refractivity contribution < 1.29 is 14.3 Å². The first kappa shape index (κ1) is 20.8. The van der Waals surface area contributed by atoms with E-state index in [1.165, 1.54) is 6.92 Å². The van der Waals surface area contributed by atoms with Gasteiger partial charge in [0.05, 0.1) is 6.61 Å². The molecule has 0 saturated carbocycles. The number of amides is 2. The summed E-state index contributed by atoms with van der Waals surface area (Å²) in [5.41, 5.74) is 2.69. The van der Waals surface area contributed by atoms with Crippen molar-refractivity contribution in [2.24, 2.45) is 0 Å². The van der Waals surface area contributed by atoms with Gasteiger partial charge in [-0.05, 0) is 61.2 Å². The molecule has 0 aliphatic heterocycles. The summed E-state index contributed by atoms with van der Waals surface area (Å²) in [6.45, 7) is 5.09. The molecular formula is C21H25ClN2O3. The lowest BCUT2D eigenvalue weighted by molar-refractivity contribution is -0.118. The van der Waals surface area contributed by atoms with Crippen LogP contribution in [-0.2, 0) is 11.2 Å². The van der Waals surface area contributed by atoms with Crippen LogP contribution >= 0.6 is 11.6 Å². The van der Waals surface area contributed by atoms with Crippen molar-refractivity contribution in [2.75, 3.05) is 19.7 Å². The minimum absolute atomic E-state index is 0.0406. The molecule has 2 aromatic carbocycles. The standard InChI is InChI=1S/C21H25ClN2O3/c1-15-14-19(22)8-9-20(15)27-13-3-11-24-21(26)18-6-4-17(5-7-18)10-12-23-16(2)25/h4-9,14H,3,10-13H2,1-2H3,(H,23,25)(H,24,26). The smallest absolute Gasteiger partial charge is 0.251 e. The second-order valence-corrected chi connectivity index (χ2v) is 6.73. The summed E-state index contributed by atoms with van der Waals surface area (Å²) in [4.78, 5) is 23.0. The van der Waals surface area contributed by atoms with Gasteiger partial charge in [-0.2, -0.15) is 0 Å². The molecule has 2 aromatic rings. The SMILES string of the molecule is CC(=O)NCCc1ccc(C(=O)NCCCOc2ccc(Cl)cc2C)cc1. The summed E-state index contributed by atoms with van der Waals surface area (Å²) in [5.74, 6) is 0.660. The summed E-state index contributed by atoms with van der Waals surface area (Å²) in [6, 6.07) is 12.9. The molecule has 0 heterocycles. The first-order valence-corrected chi connectivity index (χ1v) is 9.34. The minimum atomic E-state index is -0.105. The summed E-state index contributed by atoms with van der Waals surface area (Å²) in [5, 5.41) is 6.33. The van der Waals surface area contributed by atoms with Crippen molar-refractivity contribution in [1.82, 2.24) is 10.6 Å². The van der Waals surface area contributed by atoms with Crippen molar-refractivity contribution >= 4 is 23.4 Å². The quantitative estimate of drug-likeness (QED) is 0.646. The molecular weight excluding hydrogens is 364 g/mol. The molecule has 0 fully saturated rings. The van der Waals surface area contributed by atoms with Crippen LogP contribution in [0.4, 0.5) is 0 Å². The topological polar surface area (TPSA) is 67.4 Å². The molecule has 0 aromatic heterocycles. The number of carbonyl (C=O) groups excluding carboxylic acids is 2. The van der Waals surface area contributed by atoms with Crippen LogP contribution in [0.3, 0.4) is 0 Å². The molecule has 0 aliphatic rings. The molecule has 0 saturated heterocycles. The van der Waals surface area contributed by atoms with Crippen LogP contribution in [0.25, 0.3) is 0 Å². The number of benzene rings is 2. The number of hydrogen-bond acceptors (Lipinski definition) is 3. The first-order valence-electron chi connectivity index (χ1n) is 8.96. The number of carbonyl (C=O) groups is 2. The van der Waals surface area contributed by atoms with Crippen LogP contribution in [0.5, 0.6) is 5.75 Å². The maximum Gasteiger partial charge on any atom is 0.251 e. The Labute approximate surface area is 165 Å². The van der Waals surface area contributed by atoms with Gasteiger partial charge >= 0.3 is 0 Å². The molecule has 0 unspecified atom stereocenters. The Hall–Kier alpha value is -2.53. The van der Waals surface area contributed by atoms with Crippen LogP contribution in [0.1, 0.15) is 34.8 Å². The molecule has 144 valence electrons. The summed E-state index contributed by atoms with van der Waals surface area (Å²) >= 11 is 5.92. The van der Waals surface area contributed by atoms with E-state index in [1.807, 2.05) is 31.2 Å². The number of aryl methyl sites for hydroxylation is 1. The highest BCUT2D eigenvalue weighted by atomic mass is 35.5. The summed E-state index contributed by atoms with van der Waals surface area (Å²) < 4.78 is 5.71. The predicted octanol–water partition coefficient (Wildman–Crippen LogP) is 3.53. The first-order chi connectivity index (χ1) is 13.0. The minimum Gasteiger partial charge on any atom is -0.493 e. The Morgan fingerprint density at radius 2 is 1.78 bits per heavy atom. The van der Waals surface area contributed by atoms with Crippen molar-refractivity contribution in [2.45, 2.75) is 26.7 Å². The largest absolute Gasteiger partial charge is 0.493 e. The van der Waals surface area contributed by atoms with Crippen molar-refractivity contribution in [3.63, 3.8) is 0 Å². The zero-order chi connectivity index (χ0) is 19.6. The molecule has 0 spiro atoms. The highest BCUT2D eigenvalue weighted by Crippen LogP contribution is 2.21. The van der Waals surface area contributed by atoms with E-state index in [-0.39, 0.29) is 11.8 Å². The maximum atomic E-state index is 12.2. The van der Waals surface area contributed by atoms with Gasteiger partial charge in [-0.25, -0.2) is 0 Å². The molecule has 5 nitrogen and oxygen atoms in total. The normalized spacial score (nSPS) is 10.3. The molecule has 0 bridgehead atoms. The average Bonchev–Trinajstić information content (AvgIpc) is 2.63. The third-order valence-electron chi connectivity index (χ3n) is 4.00. The number of ether oxygens (including phenoxy) is 1. The Bertz CT molecular complexity index is 775. The van der Waals surface area contributed by atoms with E-state index in [4.69, 9.17) is 16.3 Å². The van der Waals surface area contributed by atoms with Gasteiger partial charge in [0.1, 0.15) is 5.75 Å². The highest BCUT2D eigenvalue weighted by Gasteiger charge is 2.05. The van der Waals surface area contributed by atoms with E-state index in [0.717, 1.165) is 23.3 Å². The monoisotopic (exact) mass is 388 g/mol. The van der Waals surface area contributed by atoms with Crippen LogP contribution in [0.15, 0.2) is 42.5 Å². The van der Waals surface area contributed by atoms with Gasteiger partial charge in [-0.15, -0.1) is 0 Å². The van der Waals surface area contributed by atoms with Gasteiger partial charge in [0, 0.05) is 30.6 Å². The van der Waals surface area contributed by atoms with Crippen LogP contribution in [0, 0.1) is 6.92 Å². The average molecular weight is 389 g/mol. The third kappa shape index (κ3) is 7.31. The molecule has 2 rings (SSSR count). The van der Waals surface area contributed by atoms with Gasteiger partial charge in [-0.1, -0.05) is 23.7 Å². The lowest BCUT2D eigenvalue weighted by Gasteiger charge is -2.10. The summed E-state index contributed by atoms with van der Waals surface area (Å²) in [7, 11) is 0. The molecule has 27 heavy (non-hydrogen) atoms. The molecule has 2 N–H and O–H groups in total. The number of halogens is 1. The Morgan fingerprint density at radius 3 is 2.44 bits per heavy atom. The van der Waals surface area contributed by atoms with Crippen LogP contribution < -0.4 is 15.4 Å². The molecule has 2 amide bonds. The maximum absolute atomic E-state index is 12.2. The Kier molecular flexibility index (Phi) is 8.14. The molecule has 0 radical (unpaired) electrons. The molecule has 0 aliphatic carbocycles. The van der Waals surface area contributed by atoms with E-state index >= 15 is 0 Å². The van der Waals surface area contributed by atoms with Crippen molar-refractivity contribution in [1.29, 1.82) is 0 Å². The zero-order valence-corrected chi connectivity index (χ0v) is 16.4. The number of nitrogens with one attached hydrogen (secondary N) is 2. The highest BCUT2D eigenvalue weighted by molar-refractivity contribution is 6.30.